The van der Waals surface area contributed by atoms with Gasteiger partial charge in [-0.05, 0) is 63.6 Å². The van der Waals surface area contributed by atoms with Gasteiger partial charge in [-0.25, -0.2) is 17.9 Å². The molecule has 1 fully saturated rings. The molecule has 0 radical (unpaired) electrons. The van der Waals surface area contributed by atoms with Crippen molar-refractivity contribution >= 4 is 22.1 Å². The van der Waals surface area contributed by atoms with Gasteiger partial charge in [0.2, 0.25) is 10.0 Å². The highest BCUT2D eigenvalue weighted by molar-refractivity contribution is 7.89. The van der Waals surface area contributed by atoms with Crippen molar-refractivity contribution in [3.8, 4) is 5.75 Å². The zero-order valence-corrected chi connectivity index (χ0v) is 20.0. The number of amides is 1. The van der Waals surface area contributed by atoms with Gasteiger partial charge in [0, 0.05) is 6.04 Å². The van der Waals surface area contributed by atoms with Crippen molar-refractivity contribution in [1.82, 2.24) is 10.0 Å². The van der Waals surface area contributed by atoms with Crippen LogP contribution in [0.2, 0.25) is 0 Å². The van der Waals surface area contributed by atoms with E-state index in [2.05, 4.69) is 14.8 Å². The molecule has 11 heteroatoms. The van der Waals surface area contributed by atoms with Crippen LogP contribution in [-0.4, -0.2) is 58.9 Å². The average Bonchev–Trinajstić information content (AvgIpc) is 3.28. The minimum absolute atomic E-state index is 0.0958. The number of carbonyl (C=O) groups excluding carboxylic acids is 2. The molecule has 186 valence electrons. The van der Waals surface area contributed by atoms with Gasteiger partial charge >= 0.3 is 12.1 Å². The molecule has 1 aromatic rings. The number of esters is 1. The van der Waals surface area contributed by atoms with E-state index in [1.807, 2.05) is 24.3 Å². The van der Waals surface area contributed by atoms with Gasteiger partial charge in [-0.3, -0.25) is 4.79 Å². The van der Waals surface area contributed by atoms with Crippen LogP contribution in [0.5, 0.6) is 5.75 Å². The summed E-state index contributed by atoms with van der Waals surface area (Å²) < 4.78 is 47.9. The van der Waals surface area contributed by atoms with Gasteiger partial charge in [0.15, 0.2) is 6.79 Å². The topological polar surface area (TPSA) is 129 Å². The number of ether oxygens (including phenoxy) is 4. The quantitative estimate of drug-likeness (QED) is 0.233. The van der Waals surface area contributed by atoms with Crippen LogP contribution < -0.4 is 14.8 Å². The SMILES string of the molecule is CCOC(=O)NCC(=O)OCOCCCS(=O)(=O)NC(C)c1cccc(OC2CCCC2)c1. The number of carbonyl (C=O) groups is 2. The molecule has 0 bridgehead atoms. The van der Waals surface area contributed by atoms with Gasteiger partial charge in [-0.1, -0.05) is 12.1 Å². The van der Waals surface area contributed by atoms with E-state index in [1.165, 1.54) is 12.8 Å². The lowest BCUT2D eigenvalue weighted by Gasteiger charge is -2.17. The third-order valence-corrected chi connectivity index (χ3v) is 6.52. The minimum Gasteiger partial charge on any atom is -0.490 e. The van der Waals surface area contributed by atoms with Crippen molar-refractivity contribution in [2.45, 2.75) is 58.1 Å². The van der Waals surface area contributed by atoms with Crippen LogP contribution in [0.1, 0.15) is 57.6 Å². The first-order chi connectivity index (χ1) is 15.8. The van der Waals surface area contributed by atoms with Gasteiger partial charge in [-0.15, -0.1) is 0 Å². The molecular formula is C22H34N2O8S. The zero-order chi connectivity index (χ0) is 24.1. The monoisotopic (exact) mass is 486 g/mol. The van der Waals surface area contributed by atoms with Crippen molar-refractivity contribution in [1.29, 1.82) is 0 Å². The fourth-order valence-electron chi connectivity index (χ4n) is 3.35. The van der Waals surface area contributed by atoms with E-state index in [9.17, 15) is 18.0 Å². The number of rotatable bonds is 14. The van der Waals surface area contributed by atoms with Crippen molar-refractivity contribution < 1.29 is 37.0 Å². The van der Waals surface area contributed by atoms with Crippen molar-refractivity contribution in [2.24, 2.45) is 0 Å². The molecule has 0 heterocycles. The van der Waals surface area contributed by atoms with Gasteiger partial charge in [0.25, 0.3) is 0 Å². The fourth-order valence-corrected chi connectivity index (χ4v) is 4.64. The van der Waals surface area contributed by atoms with Gasteiger partial charge in [-0.2, -0.15) is 0 Å². The molecule has 1 aliphatic rings. The molecule has 1 saturated carbocycles. The maximum atomic E-state index is 12.4. The number of nitrogens with one attached hydrogen (secondary N) is 2. The van der Waals surface area contributed by atoms with Gasteiger partial charge in [0.05, 0.1) is 25.1 Å². The summed E-state index contributed by atoms with van der Waals surface area (Å²) in [6.45, 7) is 3.05. The molecule has 1 aliphatic carbocycles. The Bertz CT molecular complexity index is 856. The van der Waals surface area contributed by atoms with Crippen LogP contribution in [-0.2, 0) is 29.0 Å². The standard InChI is InChI=1S/C22H34N2O8S/c1-3-30-22(26)23-15-21(25)31-16-29-12-7-13-33(27,28)24-17(2)18-8-6-11-20(14-18)32-19-9-4-5-10-19/h6,8,11,14,17,19,24H,3-5,7,9-10,12-13,15-16H2,1-2H3,(H,23,26). The molecule has 1 amide bonds. The molecule has 0 aliphatic heterocycles. The van der Waals surface area contributed by atoms with E-state index in [0.717, 1.165) is 24.2 Å². The summed E-state index contributed by atoms with van der Waals surface area (Å²) in [7, 11) is -3.53. The Morgan fingerprint density at radius 1 is 1.18 bits per heavy atom. The Hall–Kier alpha value is -2.37. The maximum absolute atomic E-state index is 12.4. The number of hydrogen-bond donors (Lipinski definition) is 2. The summed E-state index contributed by atoms with van der Waals surface area (Å²) in [5.41, 5.74) is 0.827. The summed E-state index contributed by atoms with van der Waals surface area (Å²) in [5.74, 6) is -0.0651. The largest absolute Gasteiger partial charge is 0.490 e. The van der Waals surface area contributed by atoms with Crippen molar-refractivity contribution in [2.75, 3.05) is 32.3 Å². The Balaban J connectivity index is 1.64. The number of sulfonamides is 1. The summed E-state index contributed by atoms with van der Waals surface area (Å²) in [5, 5.41) is 2.22. The highest BCUT2D eigenvalue weighted by Gasteiger charge is 2.19. The number of benzene rings is 1. The van der Waals surface area contributed by atoms with Gasteiger partial charge in [0.1, 0.15) is 12.3 Å². The van der Waals surface area contributed by atoms with Crippen molar-refractivity contribution in [3.05, 3.63) is 29.8 Å². The lowest BCUT2D eigenvalue weighted by atomic mass is 10.1. The molecule has 10 nitrogen and oxygen atoms in total. The highest BCUT2D eigenvalue weighted by atomic mass is 32.2. The Morgan fingerprint density at radius 2 is 1.94 bits per heavy atom. The van der Waals surface area contributed by atoms with E-state index < -0.39 is 28.1 Å². The van der Waals surface area contributed by atoms with Crippen LogP contribution >= 0.6 is 0 Å². The predicted octanol–water partition coefficient (Wildman–Crippen LogP) is 2.64. The number of alkyl carbamates (subject to hydrolysis) is 1. The number of hydrogen-bond acceptors (Lipinski definition) is 8. The summed E-state index contributed by atoms with van der Waals surface area (Å²) >= 11 is 0. The zero-order valence-electron chi connectivity index (χ0n) is 19.2. The van der Waals surface area contributed by atoms with E-state index in [0.29, 0.717) is 0 Å². The fraction of sp³-hybridized carbons (Fsp3) is 0.636. The maximum Gasteiger partial charge on any atom is 0.407 e. The van der Waals surface area contributed by atoms with E-state index in [1.54, 1.807) is 13.8 Å². The lowest BCUT2D eigenvalue weighted by molar-refractivity contribution is -0.154. The third-order valence-electron chi connectivity index (χ3n) is 4.98. The molecule has 2 rings (SSSR count). The van der Waals surface area contributed by atoms with Crippen molar-refractivity contribution in [3.63, 3.8) is 0 Å². The van der Waals surface area contributed by atoms with Crippen LogP contribution in [0.4, 0.5) is 4.79 Å². The van der Waals surface area contributed by atoms with E-state index >= 15 is 0 Å². The second kappa shape index (κ2) is 14.0. The summed E-state index contributed by atoms with van der Waals surface area (Å²) in [6.07, 6.45) is 4.22. The molecule has 2 N–H and O–H groups in total. The molecule has 0 spiro atoms. The van der Waals surface area contributed by atoms with E-state index in [-0.39, 0.29) is 44.8 Å². The minimum atomic E-state index is -3.53. The highest BCUT2D eigenvalue weighted by Crippen LogP contribution is 2.26. The Labute approximate surface area is 195 Å². The van der Waals surface area contributed by atoms with Crippen LogP contribution in [0.3, 0.4) is 0 Å². The molecule has 1 aromatic carbocycles. The Kier molecular flexibility index (Phi) is 11.4. The van der Waals surface area contributed by atoms with Crippen LogP contribution in [0.25, 0.3) is 0 Å². The lowest BCUT2D eigenvalue weighted by Crippen LogP contribution is -2.31. The molecule has 0 aromatic heterocycles. The average molecular weight is 487 g/mol. The van der Waals surface area contributed by atoms with Crippen LogP contribution in [0, 0.1) is 0 Å². The molecular weight excluding hydrogens is 452 g/mol. The normalized spacial score (nSPS) is 15.1. The predicted molar refractivity (Wildman–Crippen MR) is 121 cm³/mol. The first kappa shape index (κ1) is 26.9. The van der Waals surface area contributed by atoms with Crippen LogP contribution in [0.15, 0.2) is 24.3 Å². The molecule has 33 heavy (non-hydrogen) atoms. The molecule has 1 atom stereocenters. The first-order valence-electron chi connectivity index (χ1n) is 11.2. The molecule has 1 unspecified atom stereocenters. The first-order valence-corrected chi connectivity index (χ1v) is 12.8. The summed E-state index contributed by atoms with van der Waals surface area (Å²) in [4.78, 5) is 22.5. The van der Waals surface area contributed by atoms with Gasteiger partial charge < -0.3 is 24.3 Å². The third kappa shape index (κ3) is 10.9. The molecule has 0 saturated heterocycles. The summed E-state index contributed by atoms with van der Waals surface area (Å²) in [6, 6.07) is 7.08. The van der Waals surface area contributed by atoms with E-state index in [4.69, 9.17) is 14.2 Å². The smallest absolute Gasteiger partial charge is 0.407 e. The second-order valence-corrected chi connectivity index (χ2v) is 9.60. The second-order valence-electron chi connectivity index (χ2n) is 7.73. The Morgan fingerprint density at radius 3 is 2.67 bits per heavy atom.